The molecule has 0 N–H and O–H groups in total. The predicted octanol–water partition coefficient (Wildman–Crippen LogP) is 2.93. The van der Waals surface area contributed by atoms with Gasteiger partial charge in [-0.15, -0.1) is 11.3 Å². The first-order valence-corrected chi connectivity index (χ1v) is 8.35. The average molecular weight is 305 g/mol. The molecular weight excluding hydrogens is 282 g/mol. The fourth-order valence-corrected chi connectivity index (χ4v) is 4.08. The minimum absolute atomic E-state index is 0.419. The first-order chi connectivity index (χ1) is 10.2. The Kier molecular flexibility index (Phi) is 4.42. The lowest BCUT2D eigenvalue weighted by atomic mass is 9.97. The van der Waals surface area contributed by atoms with Gasteiger partial charge in [-0.25, -0.2) is 0 Å². The van der Waals surface area contributed by atoms with Crippen LogP contribution in [0.1, 0.15) is 33.9 Å². The molecule has 0 saturated heterocycles. The molecule has 3 heterocycles. The lowest BCUT2D eigenvalue weighted by molar-refractivity contribution is 0.103. The summed E-state index contributed by atoms with van der Waals surface area (Å²) in [6, 6.07) is 4.45. The molecule has 0 fully saturated rings. The zero-order valence-electron chi connectivity index (χ0n) is 13.0. The highest BCUT2D eigenvalue weighted by molar-refractivity contribution is 7.11. The summed E-state index contributed by atoms with van der Waals surface area (Å²) >= 11 is 1.89. The van der Waals surface area contributed by atoms with Gasteiger partial charge in [-0.05, 0) is 26.0 Å². The van der Waals surface area contributed by atoms with Crippen molar-refractivity contribution >= 4 is 11.3 Å². The van der Waals surface area contributed by atoms with Gasteiger partial charge < -0.3 is 4.74 Å². The first-order valence-electron chi connectivity index (χ1n) is 7.53. The fraction of sp³-hybridized carbons (Fsp3) is 0.562. The summed E-state index contributed by atoms with van der Waals surface area (Å²) in [7, 11) is 2.04. The Hall–Kier alpha value is -1.17. The maximum Gasteiger partial charge on any atom is 0.0562 e. The van der Waals surface area contributed by atoms with Crippen LogP contribution in [-0.4, -0.2) is 34.4 Å². The summed E-state index contributed by atoms with van der Waals surface area (Å²) in [6.45, 7) is 8.83. The topological polar surface area (TPSA) is 30.3 Å². The Balaban J connectivity index is 1.76. The van der Waals surface area contributed by atoms with E-state index in [2.05, 4.69) is 36.0 Å². The Morgan fingerprint density at radius 3 is 3.00 bits per heavy atom. The Morgan fingerprint density at radius 2 is 2.29 bits per heavy atom. The average Bonchev–Trinajstić information content (AvgIpc) is 3.03. The molecule has 1 aliphatic heterocycles. The summed E-state index contributed by atoms with van der Waals surface area (Å²) in [4.78, 5) is 5.34. The van der Waals surface area contributed by atoms with Crippen molar-refractivity contribution in [3.8, 4) is 0 Å². The molecule has 4 nitrogen and oxygen atoms in total. The maximum absolute atomic E-state index is 5.69. The van der Waals surface area contributed by atoms with Crippen LogP contribution in [0, 0.1) is 6.92 Å². The van der Waals surface area contributed by atoms with Crippen molar-refractivity contribution in [3.63, 3.8) is 0 Å². The molecule has 0 unspecified atom stereocenters. The van der Waals surface area contributed by atoms with E-state index in [1.54, 1.807) is 0 Å². The number of aromatic nitrogens is 2. The maximum atomic E-state index is 5.69. The number of hydrogen-bond donors (Lipinski definition) is 0. The monoisotopic (exact) mass is 305 g/mol. The van der Waals surface area contributed by atoms with Gasteiger partial charge in [0, 0.05) is 60.2 Å². The summed E-state index contributed by atoms with van der Waals surface area (Å²) in [5.74, 6) is 0.419. The number of aryl methyl sites for hydroxylation is 2. The molecule has 0 saturated carbocycles. The third kappa shape index (κ3) is 3.20. The van der Waals surface area contributed by atoms with E-state index in [-0.39, 0.29) is 0 Å². The van der Waals surface area contributed by atoms with Gasteiger partial charge in [-0.1, -0.05) is 0 Å². The molecule has 0 bridgehead atoms. The number of rotatable bonds is 5. The summed E-state index contributed by atoms with van der Waals surface area (Å²) in [6.07, 6.45) is 2.01. The van der Waals surface area contributed by atoms with Gasteiger partial charge >= 0.3 is 0 Å². The van der Waals surface area contributed by atoms with Crippen molar-refractivity contribution in [2.45, 2.75) is 32.9 Å². The van der Waals surface area contributed by atoms with Crippen LogP contribution in [0.2, 0.25) is 0 Å². The van der Waals surface area contributed by atoms with Gasteiger partial charge in [-0.3, -0.25) is 9.58 Å². The van der Waals surface area contributed by atoms with Gasteiger partial charge in [0.1, 0.15) is 0 Å². The molecule has 3 rings (SSSR count). The van der Waals surface area contributed by atoms with E-state index in [0.29, 0.717) is 5.92 Å². The molecule has 2 aromatic rings. The Morgan fingerprint density at radius 1 is 1.43 bits per heavy atom. The normalized spacial score (nSPS) is 18.9. The summed E-state index contributed by atoms with van der Waals surface area (Å²) in [5, 5.41) is 4.44. The SMILES string of the molecule is CCOC[C@@H]1CN(Cc2ccc(C)s2)Cc2cnn(C)c21. The lowest BCUT2D eigenvalue weighted by Crippen LogP contribution is -2.35. The van der Waals surface area contributed by atoms with Crippen LogP contribution in [0.15, 0.2) is 18.3 Å². The number of hydrogen-bond acceptors (Lipinski definition) is 4. The van der Waals surface area contributed by atoms with Crippen molar-refractivity contribution in [2.24, 2.45) is 7.05 Å². The van der Waals surface area contributed by atoms with E-state index in [9.17, 15) is 0 Å². The van der Waals surface area contributed by atoms with E-state index >= 15 is 0 Å². The van der Waals surface area contributed by atoms with E-state index < -0.39 is 0 Å². The predicted molar refractivity (Wildman–Crippen MR) is 85.6 cm³/mol. The van der Waals surface area contributed by atoms with Crippen molar-refractivity contribution < 1.29 is 4.74 Å². The third-order valence-corrected chi connectivity index (χ3v) is 5.01. The van der Waals surface area contributed by atoms with Gasteiger partial charge in [0.05, 0.1) is 12.8 Å². The highest BCUT2D eigenvalue weighted by Crippen LogP contribution is 2.30. The molecule has 21 heavy (non-hydrogen) atoms. The molecule has 114 valence electrons. The van der Waals surface area contributed by atoms with Crippen molar-refractivity contribution in [2.75, 3.05) is 19.8 Å². The highest BCUT2D eigenvalue weighted by Gasteiger charge is 2.28. The Labute approximate surface area is 130 Å². The summed E-state index contributed by atoms with van der Waals surface area (Å²) < 4.78 is 7.71. The molecule has 0 radical (unpaired) electrons. The second-order valence-electron chi connectivity index (χ2n) is 5.72. The van der Waals surface area contributed by atoms with Crippen LogP contribution >= 0.6 is 11.3 Å². The standard InChI is InChI=1S/C16H23N3OS/c1-4-20-11-14-9-19(10-15-6-5-12(2)21-15)8-13-7-17-18(3)16(13)14/h5-7,14H,4,8-11H2,1-3H3/t14-/m0/s1. The Bertz CT molecular complexity index is 604. The molecule has 2 aromatic heterocycles. The van der Waals surface area contributed by atoms with E-state index in [4.69, 9.17) is 4.74 Å². The molecule has 5 heteroatoms. The van der Waals surface area contributed by atoms with Crippen molar-refractivity contribution in [1.29, 1.82) is 0 Å². The molecule has 1 aliphatic rings. The van der Waals surface area contributed by atoms with Gasteiger partial charge in [0.2, 0.25) is 0 Å². The minimum Gasteiger partial charge on any atom is -0.381 e. The highest BCUT2D eigenvalue weighted by atomic mass is 32.1. The fourth-order valence-electron chi connectivity index (χ4n) is 3.15. The van der Waals surface area contributed by atoms with Crippen LogP contribution < -0.4 is 0 Å². The molecule has 0 spiro atoms. The molecule has 0 amide bonds. The molecule has 0 aliphatic carbocycles. The van der Waals surface area contributed by atoms with E-state index in [1.807, 2.05) is 29.3 Å². The van der Waals surface area contributed by atoms with Crippen LogP contribution in [0.3, 0.4) is 0 Å². The van der Waals surface area contributed by atoms with Gasteiger partial charge in [-0.2, -0.15) is 5.10 Å². The van der Waals surface area contributed by atoms with E-state index in [0.717, 1.165) is 32.8 Å². The number of fused-ring (bicyclic) bond motifs is 1. The number of ether oxygens (including phenoxy) is 1. The van der Waals surface area contributed by atoms with Crippen molar-refractivity contribution in [1.82, 2.24) is 14.7 Å². The largest absolute Gasteiger partial charge is 0.381 e. The molecular formula is C16H23N3OS. The zero-order chi connectivity index (χ0) is 14.8. The van der Waals surface area contributed by atoms with E-state index in [1.165, 1.54) is 21.0 Å². The smallest absolute Gasteiger partial charge is 0.0562 e. The summed E-state index contributed by atoms with van der Waals surface area (Å²) in [5.41, 5.74) is 2.70. The lowest BCUT2D eigenvalue weighted by Gasteiger charge is -2.32. The number of thiophene rings is 1. The van der Waals surface area contributed by atoms with Gasteiger partial charge in [0.15, 0.2) is 0 Å². The first kappa shape index (κ1) is 14.8. The third-order valence-electron chi connectivity index (χ3n) is 4.02. The van der Waals surface area contributed by atoms with Crippen LogP contribution in [0.4, 0.5) is 0 Å². The van der Waals surface area contributed by atoms with Gasteiger partial charge in [0.25, 0.3) is 0 Å². The molecule has 1 atom stereocenters. The second kappa shape index (κ2) is 6.30. The molecule has 0 aromatic carbocycles. The number of nitrogens with zero attached hydrogens (tertiary/aromatic N) is 3. The second-order valence-corrected chi connectivity index (χ2v) is 7.09. The van der Waals surface area contributed by atoms with Crippen LogP contribution in [-0.2, 0) is 24.9 Å². The quantitative estimate of drug-likeness (QED) is 0.851. The minimum atomic E-state index is 0.419. The van der Waals surface area contributed by atoms with Crippen LogP contribution in [0.5, 0.6) is 0 Å². The van der Waals surface area contributed by atoms with Crippen LogP contribution in [0.25, 0.3) is 0 Å². The zero-order valence-corrected chi connectivity index (χ0v) is 13.8. The van der Waals surface area contributed by atoms with Crippen molar-refractivity contribution in [3.05, 3.63) is 39.3 Å².